The van der Waals surface area contributed by atoms with Crippen LogP contribution < -0.4 is 10.6 Å². The van der Waals surface area contributed by atoms with Gasteiger partial charge in [-0.25, -0.2) is 4.98 Å². The summed E-state index contributed by atoms with van der Waals surface area (Å²) in [6.07, 6.45) is 1.44. The van der Waals surface area contributed by atoms with E-state index in [0.717, 1.165) is 35.6 Å². The molecule has 0 saturated carbocycles. The average molecular weight is 360 g/mol. The second-order valence-corrected chi connectivity index (χ2v) is 7.09. The molecule has 0 radical (unpaired) electrons. The fraction of sp³-hybridized carbons (Fsp3) is 0.353. The molecule has 0 saturated heterocycles. The van der Waals surface area contributed by atoms with Crippen LogP contribution in [-0.4, -0.2) is 46.9 Å². The highest BCUT2D eigenvalue weighted by molar-refractivity contribution is 7.16. The zero-order valence-electron chi connectivity index (χ0n) is 13.9. The summed E-state index contributed by atoms with van der Waals surface area (Å²) in [5.41, 5.74) is 1.97. The molecule has 1 aromatic carbocycles. The first kappa shape index (κ1) is 17.4. The van der Waals surface area contributed by atoms with Crippen molar-refractivity contribution in [3.8, 4) is 5.75 Å². The van der Waals surface area contributed by atoms with Gasteiger partial charge in [-0.2, -0.15) is 0 Å². The van der Waals surface area contributed by atoms with E-state index in [1.54, 1.807) is 24.3 Å². The Morgan fingerprint density at radius 1 is 1.28 bits per heavy atom. The van der Waals surface area contributed by atoms with Crippen molar-refractivity contribution in [1.82, 2.24) is 15.2 Å². The van der Waals surface area contributed by atoms with Gasteiger partial charge in [0.1, 0.15) is 5.75 Å². The third-order valence-electron chi connectivity index (χ3n) is 3.98. The number of nitrogens with one attached hydrogen (secondary N) is 2. The van der Waals surface area contributed by atoms with E-state index in [2.05, 4.69) is 20.5 Å². The van der Waals surface area contributed by atoms with Gasteiger partial charge in [0, 0.05) is 30.9 Å². The lowest BCUT2D eigenvalue weighted by Gasteiger charge is -2.20. The molecule has 1 aliphatic heterocycles. The van der Waals surface area contributed by atoms with Crippen LogP contribution in [0.25, 0.3) is 0 Å². The number of likely N-dealkylation sites (N-methyl/N-ethyl adjacent to an activating group) is 1. The maximum absolute atomic E-state index is 12.0. The number of carbonyl (C=O) groups excluding carboxylic acids is 2. The molecule has 132 valence electrons. The number of aromatic nitrogens is 1. The monoisotopic (exact) mass is 360 g/mol. The number of hydrogen-bond donors (Lipinski definition) is 3. The molecule has 1 aromatic heterocycles. The quantitative estimate of drug-likeness (QED) is 0.711. The predicted octanol–water partition coefficient (Wildman–Crippen LogP) is 1.13. The number of amides is 2. The molecule has 2 heterocycles. The molecule has 0 unspecified atom stereocenters. The summed E-state index contributed by atoms with van der Waals surface area (Å²) in [5, 5.41) is 14.9. The molecule has 2 aromatic rings. The highest BCUT2D eigenvalue weighted by atomic mass is 32.1. The van der Waals surface area contributed by atoms with E-state index in [9.17, 15) is 14.7 Å². The number of benzene rings is 1. The molecule has 2 amide bonds. The van der Waals surface area contributed by atoms with E-state index >= 15 is 0 Å². The van der Waals surface area contributed by atoms with Gasteiger partial charge in [-0.05, 0) is 31.2 Å². The van der Waals surface area contributed by atoms with Crippen molar-refractivity contribution < 1.29 is 14.7 Å². The molecule has 1 aliphatic rings. The smallest absolute Gasteiger partial charge is 0.315 e. The second-order valence-electron chi connectivity index (χ2n) is 6.00. The molecule has 25 heavy (non-hydrogen) atoms. The van der Waals surface area contributed by atoms with Crippen molar-refractivity contribution in [3.05, 3.63) is 40.4 Å². The Kier molecular flexibility index (Phi) is 5.30. The van der Waals surface area contributed by atoms with E-state index in [1.165, 1.54) is 11.3 Å². The van der Waals surface area contributed by atoms with Gasteiger partial charge in [-0.15, -0.1) is 11.3 Å². The summed E-state index contributed by atoms with van der Waals surface area (Å²) >= 11 is 1.42. The standard InChI is InChI=1S/C17H20N4O3S/c1-21-9-7-13-14(10-21)25-17(19-13)20-16(24)15(23)18-8-6-11-2-4-12(22)5-3-11/h2-5,22H,6-10H2,1H3,(H,18,23)(H,19,20,24). The number of hydrogen-bond acceptors (Lipinski definition) is 6. The molecule has 0 fully saturated rings. The van der Waals surface area contributed by atoms with Crippen LogP contribution in [0.5, 0.6) is 5.75 Å². The summed E-state index contributed by atoms with van der Waals surface area (Å²) in [6, 6.07) is 6.73. The summed E-state index contributed by atoms with van der Waals surface area (Å²) in [6.45, 7) is 2.11. The van der Waals surface area contributed by atoms with Crippen LogP contribution in [0.4, 0.5) is 5.13 Å². The summed E-state index contributed by atoms with van der Waals surface area (Å²) in [4.78, 5) is 31.6. The number of phenolic OH excluding ortho intramolecular Hbond substituents is 1. The largest absolute Gasteiger partial charge is 0.508 e. The van der Waals surface area contributed by atoms with Crippen LogP contribution >= 0.6 is 11.3 Å². The van der Waals surface area contributed by atoms with Crippen molar-refractivity contribution in [2.45, 2.75) is 19.4 Å². The van der Waals surface area contributed by atoms with Gasteiger partial charge in [0.15, 0.2) is 5.13 Å². The van der Waals surface area contributed by atoms with E-state index in [4.69, 9.17) is 0 Å². The third kappa shape index (κ3) is 4.55. The Bertz CT molecular complexity index is 773. The number of rotatable bonds is 4. The van der Waals surface area contributed by atoms with Crippen LogP contribution in [0.3, 0.4) is 0 Å². The number of fused-ring (bicyclic) bond motifs is 1. The highest BCUT2D eigenvalue weighted by Crippen LogP contribution is 2.27. The van der Waals surface area contributed by atoms with Crippen molar-refractivity contribution in [3.63, 3.8) is 0 Å². The zero-order valence-corrected chi connectivity index (χ0v) is 14.7. The fourth-order valence-corrected chi connectivity index (χ4v) is 3.68. The molecule has 0 aliphatic carbocycles. The maximum Gasteiger partial charge on any atom is 0.315 e. The molecule has 3 rings (SSSR count). The lowest BCUT2D eigenvalue weighted by molar-refractivity contribution is -0.136. The Balaban J connectivity index is 1.48. The van der Waals surface area contributed by atoms with Gasteiger partial charge in [0.2, 0.25) is 0 Å². The summed E-state index contributed by atoms with van der Waals surface area (Å²) in [7, 11) is 2.04. The summed E-state index contributed by atoms with van der Waals surface area (Å²) in [5.74, 6) is -1.18. The minimum Gasteiger partial charge on any atom is -0.508 e. The maximum atomic E-state index is 12.0. The van der Waals surface area contributed by atoms with Crippen LogP contribution in [0.15, 0.2) is 24.3 Å². The van der Waals surface area contributed by atoms with Crippen molar-refractivity contribution in [1.29, 1.82) is 0 Å². The van der Waals surface area contributed by atoms with Gasteiger partial charge >= 0.3 is 11.8 Å². The van der Waals surface area contributed by atoms with E-state index in [-0.39, 0.29) is 5.75 Å². The minimum absolute atomic E-state index is 0.199. The van der Waals surface area contributed by atoms with Gasteiger partial charge < -0.3 is 15.3 Å². The van der Waals surface area contributed by atoms with Crippen LogP contribution in [0.2, 0.25) is 0 Å². The molecule has 0 spiro atoms. The van der Waals surface area contributed by atoms with Gasteiger partial charge in [0.05, 0.1) is 5.69 Å². The lowest BCUT2D eigenvalue weighted by Crippen LogP contribution is -2.36. The highest BCUT2D eigenvalue weighted by Gasteiger charge is 2.21. The third-order valence-corrected chi connectivity index (χ3v) is 4.98. The van der Waals surface area contributed by atoms with E-state index in [0.29, 0.717) is 18.1 Å². The van der Waals surface area contributed by atoms with Crippen molar-refractivity contribution in [2.75, 3.05) is 25.5 Å². The van der Waals surface area contributed by atoms with Gasteiger partial charge in [0.25, 0.3) is 0 Å². The molecular formula is C17H20N4O3S. The molecule has 8 heteroatoms. The average Bonchev–Trinajstić information content (AvgIpc) is 2.97. The van der Waals surface area contributed by atoms with Crippen LogP contribution in [-0.2, 0) is 29.0 Å². The topological polar surface area (TPSA) is 94.6 Å². The number of aromatic hydroxyl groups is 1. The van der Waals surface area contributed by atoms with E-state index < -0.39 is 11.8 Å². The number of nitrogens with zero attached hydrogens (tertiary/aromatic N) is 2. The predicted molar refractivity (Wildman–Crippen MR) is 95.6 cm³/mol. The minimum atomic E-state index is -0.704. The molecule has 0 atom stereocenters. The van der Waals surface area contributed by atoms with Crippen molar-refractivity contribution >= 4 is 28.3 Å². The second kappa shape index (κ2) is 7.62. The lowest BCUT2D eigenvalue weighted by atomic mass is 10.1. The molecule has 7 nitrogen and oxygen atoms in total. The SMILES string of the molecule is CN1CCc2nc(NC(=O)C(=O)NCCc3ccc(O)cc3)sc2C1. The Labute approximate surface area is 149 Å². The Hall–Kier alpha value is -2.45. The number of carbonyl (C=O) groups is 2. The number of phenols is 1. The zero-order chi connectivity index (χ0) is 17.8. The molecule has 3 N–H and O–H groups in total. The number of thiazole rings is 1. The molecule has 0 bridgehead atoms. The van der Waals surface area contributed by atoms with E-state index in [1.807, 2.05) is 7.05 Å². The normalized spacial score (nSPS) is 14.0. The fourth-order valence-electron chi connectivity index (χ4n) is 2.59. The van der Waals surface area contributed by atoms with Crippen LogP contribution in [0, 0.1) is 0 Å². The van der Waals surface area contributed by atoms with Crippen molar-refractivity contribution in [2.24, 2.45) is 0 Å². The van der Waals surface area contributed by atoms with Crippen LogP contribution in [0.1, 0.15) is 16.1 Å². The summed E-state index contributed by atoms with van der Waals surface area (Å²) < 4.78 is 0. The number of anilines is 1. The first-order valence-electron chi connectivity index (χ1n) is 8.05. The Morgan fingerprint density at radius 3 is 2.80 bits per heavy atom. The first-order chi connectivity index (χ1) is 12.0. The first-order valence-corrected chi connectivity index (χ1v) is 8.87. The Morgan fingerprint density at radius 2 is 2.04 bits per heavy atom. The van der Waals surface area contributed by atoms with Gasteiger partial charge in [-0.3, -0.25) is 14.9 Å². The van der Waals surface area contributed by atoms with Gasteiger partial charge in [-0.1, -0.05) is 12.1 Å². The molecular weight excluding hydrogens is 340 g/mol.